The van der Waals surface area contributed by atoms with Gasteiger partial charge in [0.1, 0.15) is 11.3 Å². The Morgan fingerprint density at radius 3 is 2.77 bits per heavy atom. The number of hydrogen-bond donors (Lipinski definition) is 2. The number of halogens is 1. The Hall–Kier alpha value is -1.56. The summed E-state index contributed by atoms with van der Waals surface area (Å²) in [4.78, 5) is 12.1. The predicted molar refractivity (Wildman–Crippen MR) is 89.6 cm³/mol. The van der Waals surface area contributed by atoms with E-state index in [4.69, 9.17) is 9.15 Å². The molecule has 0 aliphatic carbocycles. The zero-order chi connectivity index (χ0) is 15.1. The average molecular weight is 327 g/mol. The van der Waals surface area contributed by atoms with Gasteiger partial charge in [-0.1, -0.05) is 18.2 Å². The molecule has 0 saturated heterocycles. The first-order valence-corrected chi connectivity index (χ1v) is 7.18. The van der Waals surface area contributed by atoms with Gasteiger partial charge in [0.25, 0.3) is 0 Å². The van der Waals surface area contributed by atoms with Crippen molar-refractivity contribution in [2.24, 2.45) is 0 Å². The summed E-state index contributed by atoms with van der Waals surface area (Å²) < 4.78 is 10.6. The summed E-state index contributed by atoms with van der Waals surface area (Å²) in [7, 11) is 1.67. The second-order valence-corrected chi connectivity index (χ2v) is 4.94. The number of para-hydroxylation sites is 1. The largest absolute Gasteiger partial charge is 0.460 e. The van der Waals surface area contributed by atoms with Crippen LogP contribution in [-0.4, -0.2) is 39.3 Å². The summed E-state index contributed by atoms with van der Waals surface area (Å²) in [5.41, 5.74) is 0.813. The van der Waals surface area contributed by atoms with Crippen LogP contribution in [0, 0.1) is 0 Å². The number of amides is 1. The predicted octanol–water partition coefficient (Wildman–Crippen LogP) is 2.31. The fourth-order valence-corrected chi connectivity index (χ4v) is 2.07. The van der Waals surface area contributed by atoms with Crippen LogP contribution in [0.4, 0.5) is 0 Å². The van der Waals surface area contributed by atoms with Crippen molar-refractivity contribution in [1.82, 2.24) is 10.6 Å². The van der Waals surface area contributed by atoms with Crippen molar-refractivity contribution >= 4 is 29.3 Å². The number of fused-ring (bicyclic) bond motifs is 1. The highest BCUT2D eigenvalue weighted by Gasteiger charge is 2.18. The molecule has 0 spiro atoms. The van der Waals surface area contributed by atoms with E-state index in [1.807, 2.05) is 37.3 Å². The van der Waals surface area contributed by atoms with Gasteiger partial charge in [0, 0.05) is 32.1 Å². The van der Waals surface area contributed by atoms with Gasteiger partial charge in [0.05, 0.1) is 12.5 Å². The highest BCUT2D eigenvalue weighted by atomic mass is 35.5. The number of carbonyl (C=O) groups excluding carboxylic acids is 1. The molecule has 2 rings (SSSR count). The Bertz CT molecular complexity index is 553. The van der Waals surface area contributed by atoms with E-state index < -0.39 is 0 Å². The molecule has 0 radical (unpaired) electrons. The summed E-state index contributed by atoms with van der Waals surface area (Å²) in [6.45, 7) is 4.62. The highest BCUT2D eigenvalue weighted by molar-refractivity contribution is 5.85. The van der Waals surface area contributed by atoms with E-state index >= 15 is 0 Å². The van der Waals surface area contributed by atoms with E-state index in [0.29, 0.717) is 18.9 Å². The van der Waals surface area contributed by atoms with E-state index in [1.165, 1.54) is 0 Å². The number of methoxy groups -OCH3 is 1. The van der Waals surface area contributed by atoms with Crippen LogP contribution >= 0.6 is 12.4 Å². The zero-order valence-corrected chi connectivity index (χ0v) is 13.7. The Balaban J connectivity index is 0.00000242. The fourth-order valence-electron chi connectivity index (χ4n) is 2.07. The third-order valence-electron chi connectivity index (χ3n) is 3.35. The quantitative estimate of drug-likeness (QED) is 0.731. The summed E-state index contributed by atoms with van der Waals surface area (Å²) in [6.07, 6.45) is 0. The van der Waals surface area contributed by atoms with Gasteiger partial charge in [-0.05, 0) is 19.1 Å². The number of hydrogen-bond acceptors (Lipinski definition) is 4. The standard InChI is InChI=1S/C16H22N2O3.ClH/c1-12(16(19)18-8-7-17-9-10-20-2)15-11-13-5-3-4-6-14(13)21-15;/h3-6,11-12,17H,7-10H2,1-2H3,(H,18,19);1H. The molecule has 0 bridgehead atoms. The molecule has 0 aliphatic heterocycles. The molecule has 1 aromatic heterocycles. The molecule has 0 saturated carbocycles. The fraction of sp³-hybridized carbons (Fsp3) is 0.438. The van der Waals surface area contributed by atoms with E-state index in [2.05, 4.69) is 10.6 Å². The smallest absolute Gasteiger partial charge is 0.230 e. The lowest BCUT2D eigenvalue weighted by Crippen LogP contribution is -2.35. The van der Waals surface area contributed by atoms with Crippen molar-refractivity contribution in [3.05, 3.63) is 36.1 Å². The molecule has 2 aromatic rings. The lowest BCUT2D eigenvalue weighted by molar-refractivity contribution is -0.122. The number of nitrogens with one attached hydrogen (secondary N) is 2. The van der Waals surface area contributed by atoms with Crippen LogP contribution in [0.3, 0.4) is 0 Å². The summed E-state index contributed by atoms with van der Waals surface area (Å²) in [5.74, 6) is 0.375. The van der Waals surface area contributed by atoms with Crippen molar-refractivity contribution in [3.8, 4) is 0 Å². The summed E-state index contributed by atoms with van der Waals surface area (Å²) in [5, 5.41) is 7.10. The third kappa shape index (κ3) is 5.02. The van der Waals surface area contributed by atoms with E-state index in [9.17, 15) is 4.79 Å². The molecule has 0 aliphatic rings. The molecule has 6 heteroatoms. The highest BCUT2D eigenvalue weighted by Crippen LogP contribution is 2.24. The molecule has 0 fully saturated rings. The van der Waals surface area contributed by atoms with Crippen molar-refractivity contribution in [1.29, 1.82) is 0 Å². The van der Waals surface area contributed by atoms with Gasteiger partial charge >= 0.3 is 0 Å². The monoisotopic (exact) mass is 326 g/mol. The molecule has 1 atom stereocenters. The molecule has 1 unspecified atom stereocenters. The first-order valence-electron chi connectivity index (χ1n) is 7.18. The van der Waals surface area contributed by atoms with Gasteiger partial charge in [0.15, 0.2) is 0 Å². The Kier molecular flexibility index (Phi) is 7.95. The minimum Gasteiger partial charge on any atom is -0.460 e. The number of benzene rings is 1. The lowest BCUT2D eigenvalue weighted by atomic mass is 10.1. The van der Waals surface area contributed by atoms with Gasteiger partial charge in [-0.3, -0.25) is 4.79 Å². The topological polar surface area (TPSA) is 63.5 Å². The first kappa shape index (κ1) is 18.5. The minimum atomic E-state index is -0.295. The molecule has 22 heavy (non-hydrogen) atoms. The minimum absolute atomic E-state index is 0. The molecule has 2 N–H and O–H groups in total. The van der Waals surface area contributed by atoms with Gasteiger partial charge in [-0.15, -0.1) is 12.4 Å². The molecular formula is C16H23ClN2O3. The summed E-state index contributed by atoms with van der Waals surface area (Å²) in [6, 6.07) is 9.69. The van der Waals surface area contributed by atoms with Gasteiger partial charge in [-0.25, -0.2) is 0 Å². The van der Waals surface area contributed by atoms with Gasteiger partial charge in [-0.2, -0.15) is 0 Å². The number of rotatable bonds is 8. The summed E-state index contributed by atoms with van der Waals surface area (Å²) >= 11 is 0. The van der Waals surface area contributed by atoms with Crippen molar-refractivity contribution in [2.75, 3.05) is 33.4 Å². The number of carbonyl (C=O) groups is 1. The Labute approximate surface area is 136 Å². The molecule has 122 valence electrons. The average Bonchev–Trinajstić information content (AvgIpc) is 2.93. The third-order valence-corrected chi connectivity index (χ3v) is 3.35. The van der Waals surface area contributed by atoms with E-state index in [1.54, 1.807) is 7.11 Å². The first-order chi connectivity index (χ1) is 10.2. The molecule has 1 heterocycles. The molecule has 1 aromatic carbocycles. The Morgan fingerprint density at radius 2 is 2.05 bits per heavy atom. The van der Waals surface area contributed by atoms with Crippen LogP contribution in [0.2, 0.25) is 0 Å². The normalized spacial score (nSPS) is 11.9. The van der Waals surface area contributed by atoms with Crippen LogP contribution in [-0.2, 0) is 9.53 Å². The van der Waals surface area contributed by atoms with Crippen LogP contribution in [0.1, 0.15) is 18.6 Å². The van der Waals surface area contributed by atoms with Crippen molar-refractivity contribution in [3.63, 3.8) is 0 Å². The molecular weight excluding hydrogens is 304 g/mol. The van der Waals surface area contributed by atoms with E-state index in [-0.39, 0.29) is 24.2 Å². The van der Waals surface area contributed by atoms with Crippen molar-refractivity contribution in [2.45, 2.75) is 12.8 Å². The number of furan rings is 1. The zero-order valence-electron chi connectivity index (χ0n) is 12.9. The maximum absolute atomic E-state index is 12.1. The second-order valence-electron chi connectivity index (χ2n) is 4.94. The SMILES string of the molecule is COCCNCCNC(=O)C(C)c1cc2ccccc2o1.Cl. The second kappa shape index (κ2) is 9.46. The van der Waals surface area contributed by atoms with Crippen LogP contribution < -0.4 is 10.6 Å². The van der Waals surface area contributed by atoms with Gasteiger partial charge in [0.2, 0.25) is 5.91 Å². The van der Waals surface area contributed by atoms with E-state index in [0.717, 1.165) is 24.1 Å². The maximum Gasteiger partial charge on any atom is 0.230 e. The number of ether oxygens (including phenoxy) is 1. The maximum atomic E-state index is 12.1. The lowest BCUT2D eigenvalue weighted by Gasteiger charge is -2.10. The molecule has 5 nitrogen and oxygen atoms in total. The Morgan fingerprint density at radius 1 is 1.27 bits per heavy atom. The van der Waals surface area contributed by atoms with Crippen LogP contribution in [0.5, 0.6) is 0 Å². The molecule has 1 amide bonds. The van der Waals surface area contributed by atoms with Gasteiger partial charge < -0.3 is 19.8 Å². The van der Waals surface area contributed by atoms with Crippen LogP contribution in [0.15, 0.2) is 34.7 Å². The van der Waals surface area contributed by atoms with Crippen molar-refractivity contribution < 1.29 is 13.9 Å². The van der Waals surface area contributed by atoms with Crippen LogP contribution in [0.25, 0.3) is 11.0 Å².